The van der Waals surface area contributed by atoms with Gasteiger partial charge in [0, 0.05) is 30.4 Å². The van der Waals surface area contributed by atoms with E-state index in [1.807, 2.05) is 0 Å². The normalized spacial score (nSPS) is 14.0. The van der Waals surface area contributed by atoms with Gasteiger partial charge in [0.25, 0.3) is 11.2 Å². The third-order valence-electron chi connectivity index (χ3n) is 4.18. The van der Waals surface area contributed by atoms with E-state index in [4.69, 9.17) is 0 Å². The number of nitro groups is 1. The molecular formula is C17H14N4O3. The second-order valence-electron chi connectivity index (χ2n) is 5.99. The molecular weight excluding hydrogens is 308 g/mol. The molecule has 0 aliphatic heterocycles. The molecule has 24 heavy (non-hydrogen) atoms. The van der Waals surface area contributed by atoms with Crippen LogP contribution in [0.3, 0.4) is 0 Å². The van der Waals surface area contributed by atoms with Gasteiger partial charge in [0.15, 0.2) is 0 Å². The summed E-state index contributed by atoms with van der Waals surface area (Å²) in [4.78, 5) is 27.5. The van der Waals surface area contributed by atoms with Crippen LogP contribution in [0.2, 0.25) is 0 Å². The molecule has 1 aromatic carbocycles. The van der Waals surface area contributed by atoms with Crippen molar-refractivity contribution in [2.75, 3.05) is 0 Å². The zero-order valence-corrected chi connectivity index (χ0v) is 12.8. The van der Waals surface area contributed by atoms with Crippen LogP contribution < -0.4 is 5.56 Å². The molecule has 7 nitrogen and oxygen atoms in total. The van der Waals surface area contributed by atoms with Gasteiger partial charge < -0.3 is 0 Å². The van der Waals surface area contributed by atoms with Gasteiger partial charge in [0.05, 0.1) is 10.3 Å². The topological polar surface area (TPSA) is 90.9 Å². The van der Waals surface area contributed by atoms with Gasteiger partial charge in [0.2, 0.25) is 0 Å². The number of hydrogen-bond acceptors (Lipinski definition) is 5. The first kappa shape index (κ1) is 14.5. The van der Waals surface area contributed by atoms with Gasteiger partial charge >= 0.3 is 0 Å². The SMILES string of the molecule is O=c1c2cccnc2c(-c2cccc([N+](=O)[O-])c2)nn1CC1CC1. The minimum atomic E-state index is -0.445. The predicted octanol–water partition coefficient (Wildman–Crippen LogP) is 2.78. The van der Waals surface area contributed by atoms with E-state index >= 15 is 0 Å². The highest BCUT2D eigenvalue weighted by atomic mass is 16.6. The monoisotopic (exact) mass is 322 g/mol. The van der Waals surface area contributed by atoms with E-state index in [0.717, 1.165) is 12.8 Å². The molecule has 120 valence electrons. The van der Waals surface area contributed by atoms with Crippen LogP contribution >= 0.6 is 0 Å². The molecule has 1 saturated carbocycles. The zero-order valence-electron chi connectivity index (χ0n) is 12.8. The fourth-order valence-corrected chi connectivity index (χ4v) is 2.75. The molecule has 0 radical (unpaired) electrons. The summed E-state index contributed by atoms with van der Waals surface area (Å²) in [6.07, 6.45) is 3.80. The fourth-order valence-electron chi connectivity index (χ4n) is 2.75. The number of rotatable bonds is 4. The molecule has 7 heteroatoms. The molecule has 0 unspecified atom stereocenters. The van der Waals surface area contributed by atoms with E-state index in [1.165, 1.54) is 16.8 Å². The Balaban J connectivity index is 1.96. The Morgan fingerprint density at radius 3 is 2.83 bits per heavy atom. The van der Waals surface area contributed by atoms with Crippen molar-refractivity contribution >= 4 is 16.6 Å². The third-order valence-corrected chi connectivity index (χ3v) is 4.18. The van der Waals surface area contributed by atoms with Crippen LogP contribution in [-0.4, -0.2) is 19.7 Å². The van der Waals surface area contributed by atoms with Crippen molar-refractivity contribution in [1.82, 2.24) is 14.8 Å². The maximum Gasteiger partial charge on any atom is 0.276 e. The highest BCUT2D eigenvalue weighted by molar-refractivity contribution is 5.90. The molecule has 0 atom stereocenters. The highest BCUT2D eigenvalue weighted by Gasteiger charge is 2.24. The quantitative estimate of drug-likeness (QED) is 0.544. The van der Waals surface area contributed by atoms with Crippen molar-refractivity contribution in [2.24, 2.45) is 5.92 Å². The van der Waals surface area contributed by atoms with Crippen LogP contribution in [-0.2, 0) is 6.54 Å². The summed E-state index contributed by atoms with van der Waals surface area (Å²) >= 11 is 0. The average molecular weight is 322 g/mol. The Hall–Kier alpha value is -3.09. The number of pyridine rings is 1. The molecule has 2 aromatic heterocycles. The number of aromatic nitrogens is 3. The van der Waals surface area contributed by atoms with Gasteiger partial charge in [-0.05, 0) is 30.9 Å². The lowest BCUT2D eigenvalue weighted by Crippen LogP contribution is -2.25. The second kappa shape index (κ2) is 5.52. The molecule has 0 spiro atoms. The summed E-state index contributed by atoms with van der Waals surface area (Å²) in [5.41, 5.74) is 1.36. The van der Waals surface area contributed by atoms with Gasteiger partial charge in [0.1, 0.15) is 11.2 Å². The van der Waals surface area contributed by atoms with Crippen LogP contribution in [0.15, 0.2) is 47.4 Å². The Morgan fingerprint density at radius 2 is 2.08 bits per heavy atom. The largest absolute Gasteiger partial charge is 0.276 e. The first-order valence-electron chi connectivity index (χ1n) is 7.74. The first-order chi connectivity index (χ1) is 11.6. The maximum absolute atomic E-state index is 12.6. The van der Waals surface area contributed by atoms with Crippen LogP contribution in [0.4, 0.5) is 5.69 Å². The molecule has 4 rings (SSSR count). The Kier molecular flexibility index (Phi) is 3.34. The summed E-state index contributed by atoms with van der Waals surface area (Å²) in [5, 5.41) is 16.0. The first-order valence-corrected chi connectivity index (χ1v) is 7.74. The Morgan fingerprint density at radius 1 is 1.25 bits per heavy atom. The highest BCUT2D eigenvalue weighted by Crippen LogP contribution is 2.31. The summed E-state index contributed by atoms with van der Waals surface area (Å²) < 4.78 is 1.47. The molecule has 0 amide bonds. The Bertz CT molecular complexity index is 1010. The van der Waals surface area contributed by atoms with E-state index in [0.29, 0.717) is 34.6 Å². The maximum atomic E-state index is 12.6. The van der Waals surface area contributed by atoms with Crippen molar-refractivity contribution in [1.29, 1.82) is 0 Å². The van der Waals surface area contributed by atoms with Crippen LogP contribution in [0.25, 0.3) is 22.2 Å². The molecule has 1 aliphatic rings. The average Bonchev–Trinajstić information content (AvgIpc) is 3.41. The van der Waals surface area contributed by atoms with Crippen molar-refractivity contribution in [2.45, 2.75) is 19.4 Å². The van der Waals surface area contributed by atoms with E-state index in [2.05, 4.69) is 10.1 Å². The molecule has 0 saturated heterocycles. The summed E-state index contributed by atoms with van der Waals surface area (Å²) in [7, 11) is 0. The molecule has 1 aliphatic carbocycles. The van der Waals surface area contributed by atoms with Gasteiger partial charge in [-0.1, -0.05) is 12.1 Å². The van der Waals surface area contributed by atoms with Crippen molar-refractivity contribution in [3.8, 4) is 11.3 Å². The predicted molar refractivity (Wildman–Crippen MR) is 88.6 cm³/mol. The molecule has 3 aromatic rings. The lowest BCUT2D eigenvalue weighted by molar-refractivity contribution is -0.384. The van der Waals surface area contributed by atoms with Crippen LogP contribution in [0.1, 0.15) is 12.8 Å². The van der Waals surface area contributed by atoms with Crippen molar-refractivity contribution < 1.29 is 4.92 Å². The molecule has 0 N–H and O–H groups in total. The Labute approximate surface area is 136 Å². The molecule has 1 fully saturated rings. The summed E-state index contributed by atoms with van der Waals surface area (Å²) in [6.45, 7) is 0.575. The number of benzene rings is 1. The number of hydrogen-bond donors (Lipinski definition) is 0. The van der Waals surface area contributed by atoms with Gasteiger partial charge in [-0.2, -0.15) is 5.10 Å². The van der Waals surface area contributed by atoms with Crippen LogP contribution in [0, 0.1) is 16.0 Å². The van der Waals surface area contributed by atoms with Gasteiger partial charge in [-0.3, -0.25) is 19.9 Å². The van der Waals surface area contributed by atoms with Crippen molar-refractivity contribution in [3.05, 3.63) is 63.1 Å². The van der Waals surface area contributed by atoms with E-state index in [-0.39, 0.29) is 11.2 Å². The lowest BCUT2D eigenvalue weighted by atomic mass is 10.1. The van der Waals surface area contributed by atoms with Crippen LogP contribution in [0.5, 0.6) is 0 Å². The zero-order chi connectivity index (χ0) is 16.7. The lowest BCUT2D eigenvalue weighted by Gasteiger charge is -2.10. The van der Waals surface area contributed by atoms with E-state index < -0.39 is 4.92 Å². The molecule has 0 bridgehead atoms. The number of fused-ring (bicyclic) bond motifs is 1. The third kappa shape index (κ3) is 2.54. The van der Waals surface area contributed by atoms with Gasteiger partial charge in [-0.15, -0.1) is 0 Å². The second-order valence-corrected chi connectivity index (χ2v) is 5.99. The minimum absolute atomic E-state index is 0.0154. The standard InChI is InChI=1S/C17H14N4O3/c22-17-14-5-2-8-18-16(14)15(19-20(17)10-11-6-7-11)12-3-1-4-13(9-12)21(23)24/h1-5,8-9,11H,6-7,10H2. The number of nitro benzene ring substituents is 1. The smallest absolute Gasteiger partial charge is 0.267 e. The van der Waals surface area contributed by atoms with Crippen molar-refractivity contribution in [3.63, 3.8) is 0 Å². The van der Waals surface area contributed by atoms with Gasteiger partial charge in [-0.25, -0.2) is 4.68 Å². The molecule has 2 heterocycles. The number of non-ortho nitro benzene ring substituents is 1. The summed E-state index contributed by atoms with van der Waals surface area (Å²) in [6, 6.07) is 9.68. The van der Waals surface area contributed by atoms with E-state index in [9.17, 15) is 14.9 Å². The van der Waals surface area contributed by atoms with E-state index in [1.54, 1.807) is 30.5 Å². The number of nitrogens with zero attached hydrogens (tertiary/aromatic N) is 4. The summed E-state index contributed by atoms with van der Waals surface area (Å²) in [5.74, 6) is 0.488. The fraction of sp³-hybridized carbons (Fsp3) is 0.235. The minimum Gasteiger partial charge on any atom is -0.267 e.